The first-order valence-corrected chi connectivity index (χ1v) is 14.9. The molecule has 0 bridgehead atoms. The molecule has 226 valence electrons. The van der Waals surface area contributed by atoms with Crippen molar-refractivity contribution >= 4 is 22.9 Å². The van der Waals surface area contributed by atoms with Crippen LogP contribution in [0.4, 0.5) is 4.79 Å². The normalized spacial score (nSPS) is 19.1. The number of carbonyl (C=O) groups is 2. The Morgan fingerprint density at radius 1 is 1.02 bits per heavy atom. The van der Waals surface area contributed by atoms with Gasteiger partial charge in [-0.25, -0.2) is 4.79 Å². The third-order valence-electron chi connectivity index (χ3n) is 7.50. The summed E-state index contributed by atoms with van der Waals surface area (Å²) in [7, 11) is 1.72. The van der Waals surface area contributed by atoms with E-state index in [2.05, 4.69) is 22.9 Å². The van der Waals surface area contributed by atoms with Gasteiger partial charge in [0.15, 0.2) is 6.10 Å². The van der Waals surface area contributed by atoms with Crippen LogP contribution in [0.15, 0.2) is 60.8 Å². The number of hydrogen-bond donors (Lipinski definition) is 0. The largest absolute Gasteiger partial charge is 0.491 e. The van der Waals surface area contributed by atoms with Gasteiger partial charge in [-0.3, -0.25) is 4.79 Å². The smallest absolute Gasteiger partial charge is 0.410 e. The Morgan fingerprint density at radius 2 is 1.76 bits per heavy atom. The van der Waals surface area contributed by atoms with Gasteiger partial charge < -0.3 is 33.3 Å². The van der Waals surface area contributed by atoms with Gasteiger partial charge in [-0.2, -0.15) is 0 Å². The third kappa shape index (κ3) is 7.63. The van der Waals surface area contributed by atoms with Crippen molar-refractivity contribution in [2.24, 2.45) is 0 Å². The number of aromatic nitrogens is 1. The first-order chi connectivity index (χ1) is 20.2. The van der Waals surface area contributed by atoms with Crippen LogP contribution in [0.5, 0.6) is 5.75 Å². The topological polar surface area (TPSA) is 82.5 Å². The van der Waals surface area contributed by atoms with Crippen LogP contribution in [0.25, 0.3) is 10.9 Å². The van der Waals surface area contributed by atoms with Crippen LogP contribution in [0.3, 0.4) is 0 Å². The SMILES string of the molecule is COCCCn1cc(CN(C(=O)C2CN(C(=O)OC(C)(C)C)C[C@@H](COc3ccccc3)O2)C2CC2)c2ccccc21. The number of para-hydroxylation sites is 2. The Kier molecular flexibility index (Phi) is 9.38. The van der Waals surface area contributed by atoms with E-state index in [0.717, 1.165) is 42.3 Å². The summed E-state index contributed by atoms with van der Waals surface area (Å²) in [5, 5.41) is 1.14. The molecule has 1 saturated carbocycles. The molecule has 3 aromatic rings. The van der Waals surface area contributed by atoms with Crippen molar-refractivity contribution in [3.63, 3.8) is 0 Å². The number of rotatable bonds is 11. The fourth-order valence-corrected chi connectivity index (χ4v) is 5.40. The maximum absolute atomic E-state index is 14.2. The van der Waals surface area contributed by atoms with E-state index in [9.17, 15) is 9.59 Å². The molecule has 1 aromatic heterocycles. The number of methoxy groups -OCH3 is 1. The summed E-state index contributed by atoms with van der Waals surface area (Å²) in [6.07, 6.45) is 3.24. The summed E-state index contributed by atoms with van der Waals surface area (Å²) in [5.41, 5.74) is 1.60. The first kappa shape index (κ1) is 29.9. The van der Waals surface area contributed by atoms with Crippen LogP contribution < -0.4 is 4.74 Å². The summed E-state index contributed by atoms with van der Waals surface area (Å²) in [4.78, 5) is 30.8. The number of carbonyl (C=O) groups excluding carboxylic acids is 2. The van der Waals surface area contributed by atoms with Crippen molar-refractivity contribution < 1.29 is 28.5 Å². The molecule has 0 radical (unpaired) electrons. The van der Waals surface area contributed by atoms with E-state index in [1.807, 2.05) is 68.1 Å². The molecule has 1 unspecified atom stereocenters. The highest BCUT2D eigenvalue weighted by molar-refractivity contribution is 5.86. The van der Waals surface area contributed by atoms with Crippen molar-refractivity contribution in [1.29, 1.82) is 0 Å². The van der Waals surface area contributed by atoms with E-state index in [4.69, 9.17) is 18.9 Å². The van der Waals surface area contributed by atoms with Gasteiger partial charge in [0.2, 0.25) is 0 Å². The molecule has 5 rings (SSSR count). The van der Waals surface area contributed by atoms with Gasteiger partial charge in [-0.05, 0) is 63.8 Å². The highest BCUT2D eigenvalue weighted by Crippen LogP contribution is 2.32. The molecule has 1 saturated heterocycles. The first-order valence-electron chi connectivity index (χ1n) is 14.9. The van der Waals surface area contributed by atoms with Crippen LogP contribution in [-0.4, -0.2) is 83.6 Å². The van der Waals surface area contributed by atoms with Gasteiger partial charge in [0.05, 0.1) is 13.1 Å². The molecule has 9 heteroatoms. The van der Waals surface area contributed by atoms with Gasteiger partial charge >= 0.3 is 6.09 Å². The van der Waals surface area contributed by atoms with E-state index in [-0.39, 0.29) is 31.6 Å². The number of hydrogen-bond acceptors (Lipinski definition) is 6. The van der Waals surface area contributed by atoms with Crippen LogP contribution in [0.1, 0.15) is 45.6 Å². The zero-order valence-electron chi connectivity index (χ0n) is 25.2. The minimum absolute atomic E-state index is 0.105. The Balaban J connectivity index is 1.35. The number of benzene rings is 2. The summed E-state index contributed by atoms with van der Waals surface area (Å²) in [5.74, 6) is 0.603. The second-order valence-corrected chi connectivity index (χ2v) is 12.2. The third-order valence-corrected chi connectivity index (χ3v) is 7.50. The summed E-state index contributed by atoms with van der Waals surface area (Å²) in [6.45, 7) is 8.16. The Morgan fingerprint density at radius 3 is 2.48 bits per heavy atom. The second-order valence-electron chi connectivity index (χ2n) is 12.2. The average molecular weight is 578 g/mol. The lowest BCUT2D eigenvalue weighted by atomic mass is 10.1. The van der Waals surface area contributed by atoms with Gasteiger partial charge in [0.25, 0.3) is 5.91 Å². The van der Waals surface area contributed by atoms with Crippen molar-refractivity contribution in [3.8, 4) is 5.75 Å². The fourth-order valence-electron chi connectivity index (χ4n) is 5.40. The molecule has 2 heterocycles. The highest BCUT2D eigenvalue weighted by atomic mass is 16.6. The zero-order valence-corrected chi connectivity index (χ0v) is 25.2. The summed E-state index contributed by atoms with van der Waals surface area (Å²) in [6, 6.07) is 17.9. The van der Waals surface area contributed by atoms with Gasteiger partial charge in [0.1, 0.15) is 24.1 Å². The molecule has 2 aromatic carbocycles. The van der Waals surface area contributed by atoms with Crippen LogP contribution >= 0.6 is 0 Å². The fraction of sp³-hybridized carbons (Fsp3) is 0.515. The predicted molar refractivity (Wildman–Crippen MR) is 160 cm³/mol. The zero-order chi connectivity index (χ0) is 29.7. The van der Waals surface area contributed by atoms with Crippen LogP contribution in [0.2, 0.25) is 0 Å². The Hall–Kier alpha value is -3.56. The molecule has 2 fully saturated rings. The average Bonchev–Trinajstić information content (AvgIpc) is 3.76. The number of amides is 2. The second kappa shape index (κ2) is 13.2. The quantitative estimate of drug-likeness (QED) is 0.290. The lowest BCUT2D eigenvalue weighted by Gasteiger charge is -2.39. The van der Waals surface area contributed by atoms with Crippen molar-refractivity contribution in [2.75, 3.05) is 33.4 Å². The van der Waals surface area contributed by atoms with Crippen molar-refractivity contribution in [2.45, 2.75) is 77.0 Å². The minimum Gasteiger partial charge on any atom is -0.491 e. The maximum Gasteiger partial charge on any atom is 0.410 e. The summed E-state index contributed by atoms with van der Waals surface area (Å²) >= 11 is 0. The number of morpholine rings is 1. The standard InChI is InChI=1S/C33H43N3O6/c1-33(2,3)42-32(38)35-21-27(23-40-26-11-6-5-7-12-26)41-30(22-35)31(37)36(25-15-16-25)20-24-19-34(17-10-18-39-4)29-14-9-8-13-28(24)29/h5-9,11-14,19,25,27,30H,10,15-18,20-23H2,1-4H3/t27-,30?/m0/s1. The highest BCUT2D eigenvalue weighted by Gasteiger charge is 2.42. The molecule has 2 amide bonds. The monoisotopic (exact) mass is 577 g/mol. The minimum atomic E-state index is -0.814. The molecular weight excluding hydrogens is 534 g/mol. The van der Waals surface area contributed by atoms with E-state index in [1.54, 1.807) is 12.0 Å². The molecule has 1 aliphatic heterocycles. The number of fused-ring (bicyclic) bond motifs is 1. The Labute approximate surface area is 248 Å². The lowest BCUT2D eigenvalue weighted by molar-refractivity contribution is -0.160. The van der Waals surface area contributed by atoms with Crippen molar-refractivity contribution in [1.82, 2.24) is 14.4 Å². The van der Waals surface area contributed by atoms with Crippen LogP contribution in [0, 0.1) is 0 Å². The van der Waals surface area contributed by atoms with E-state index in [0.29, 0.717) is 18.9 Å². The van der Waals surface area contributed by atoms with Crippen molar-refractivity contribution in [3.05, 3.63) is 66.4 Å². The molecular formula is C33H43N3O6. The van der Waals surface area contributed by atoms with E-state index in [1.165, 1.54) is 0 Å². The van der Waals surface area contributed by atoms with Crippen LogP contribution in [-0.2, 0) is 32.1 Å². The van der Waals surface area contributed by atoms with E-state index < -0.39 is 23.9 Å². The number of ether oxygens (including phenoxy) is 4. The summed E-state index contributed by atoms with van der Waals surface area (Å²) < 4.78 is 25.5. The maximum atomic E-state index is 14.2. The lowest BCUT2D eigenvalue weighted by Crippen LogP contribution is -2.57. The molecule has 2 atom stereocenters. The predicted octanol–water partition coefficient (Wildman–Crippen LogP) is 5.25. The number of nitrogens with zero attached hydrogens (tertiary/aromatic N) is 3. The Bertz CT molecular complexity index is 1350. The van der Waals surface area contributed by atoms with E-state index >= 15 is 0 Å². The van der Waals surface area contributed by atoms with Gasteiger partial charge in [-0.1, -0.05) is 36.4 Å². The van der Waals surface area contributed by atoms with Gasteiger partial charge in [0, 0.05) is 49.9 Å². The molecule has 0 N–H and O–H groups in total. The molecule has 0 spiro atoms. The molecule has 1 aliphatic carbocycles. The van der Waals surface area contributed by atoms with Gasteiger partial charge in [-0.15, -0.1) is 0 Å². The molecule has 42 heavy (non-hydrogen) atoms. The molecule has 2 aliphatic rings. The number of aryl methyl sites for hydroxylation is 1. The molecule has 9 nitrogen and oxygen atoms in total.